The van der Waals surface area contributed by atoms with Crippen molar-refractivity contribution in [3.05, 3.63) is 29.8 Å². The highest BCUT2D eigenvalue weighted by Gasteiger charge is 2.24. The molecule has 3 rings (SSSR count). The van der Waals surface area contributed by atoms with Crippen molar-refractivity contribution in [3.8, 4) is 0 Å². The Kier molecular flexibility index (Phi) is 5.53. The van der Waals surface area contributed by atoms with Crippen LogP contribution in [0.1, 0.15) is 18.4 Å². The number of thioether (sulfide) groups is 2. The summed E-state index contributed by atoms with van der Waals surface area (Å²) in [6.45, 7) is 1.49. The molecular formula is C17H22N2OS2. The molecule has 2 unspecified atom stereocenters. The van der Waals surface area contributed by atoms with Crippen LogP contribution in [0.25, 0.3) is 5.70 Å². The lowest BCUT2D eigenvalue weighted by Crippen LogP contribution is -2.38. The highest BCUT2D eigenvalue weighted by Crippen LogP contribution is 2.28. The molecule has 0 bridgehead atoms. The molecule has 0 radical (unpaired) electrons. The highest BCUT2D eigenvalue weighted by atomic mass is 32.2. The maximum Gasteiger partial charge on any atom is 0.150 e. The molecule has 0 spiro atoms. The lowest BCUT2D eigenvalue weighted by molar-refractivity contribution is -0.0142. The van der Waals surface area contributed by atoms with Crippen LogP contribution in [0.4, 0.5) is 0 Å². The average molecular weight is 335 g/mol. The first kappa shape index (κ1) is 16.0. The zero-order chi connectivity index (χ0) is 15.4. The standard InChI is InChI=1S/C17H22N2OS2/c1-19-16(13-5-7-14(21-2)8-6-13)10-18-11-17(19)20-12-15-4-3-9-22-15/h5-8,15,17H,3-4,9,11-12H2,1-2H3. The summed E-state index contributed by atoms with van der Waals surface area (Å²) in [5.74, 6) is 4.43. The normalized spacial score (nSPS) is 24.6. The Bertz CT molecular complexity index is 561. The summed E-state index contributed by atoms with van der Waals surface area (Å²) in [6.07, 6.45) is 4.72. The van der Waals surface area contributed by atoms with E-state index in [2.05, 4.69) is 53.3 Å². The third-order valence-electron chi connectivity index (χ3n) is 4.08. The van der Waals surface area contributed by atoms with E-state index in [9.17, 15) is 0 Å². The van der Waals surface area contributed by atoms with Gasteiger partial charge in [-0.25, -0.2) is 4.99 Å². The van der Waals surface area contributed by atoms with Gasteiger partial charge < -0.3 is 9.64 Å². The lowest BCUT2D eigenvalue weighted by atomic mass is 10.1. The minimum absolute atomic E-state index is 0.0256. The number of hydrogen-bond acceptors (Lipinski definition) is 5. The van der Waals surface area contributed by atoms with Gasteiger partial charge in [0.25, 0.3) is 0 Å². The topological polar surface area (TPSA) is 24.8 Å². The summed E-state index contributed by atoms with van der Waals surface area (Å²) >= 11 is 3.79. The first-order valence-electron chi connectivity index (χ1n) is 7.68. The van der Waals surface area contributed by atoms with E-state index in [-0.39, 0.29) is 6.23 Å². The molecule has 2 heterocycles. The van der Waals surface area contributed by atoms with Gasteiger partial charge in [0.05, 0.1) is 13.2 Å². The largest absolute Gasteiger partial charge is 0.355 e. The summed E-state index contributed by atoms with van der Waals surface area (Å²) in [4.78, 5) is 7.83. The molecular weight excluding hydrogens is 312 g/mol. The molecule has 2 aliphatic heterocycles. The van der Waals surface area contributed by atoms with Crippen molar-refractivity contribution in [2.75, 3.05) is 32.2 Å². The van der Waals surface area contributed by atoms with E-state index < -0.39 is 0 Å². The number of hydrogen-bond donors (Lipinski definition) is 0. The van der Waals surface area contributed by atoms with Crippen LogP contribution in [0.3, 0.4) is 0 Å². The fraction of sp³-hybridized carbons (Fsp3) is 0.529. The van der Waals surface area contributed by atoms with Crippen molar-refractivity contribution in [1.82, 2.24) is 4.90 Å². The second kappa shape index (κ2) is 7.60. The van der Waals surface area contributed by atoms with Gasteiger partial charge in [0, 0.05) is 28.6 Å². The van der Waals surface area contributed by atoms with Crippen LogP contribution < -0.4 is 0 Å². The molecule has 0 aromatic heterocycles. The van der Waals surface area contributed by atoms with Crippen molar-refractivity contribution < 1.29 is 4.74 Å². The molecule has 3 nitrogen and oxygen atoms in total. The smallest absolute Gasteiger partial charge is 0.150 e. The van der Waals surface area contributed by atoms with Crippen molar-refractivity contribution >= 4 is 35.1 Å². The van der Waals surface area contributed by atoms with E-state index in [0.717, 1.165) is 17.9 Å². The van der Waals surface area contributed by atoms with Gasteiger partial charge in [-0.15, -0.1) is 11.8 Å². The Balaban J connectivity index is 1.65. The summed E-state index contributed by atoms with van der Waals surface area (Å²) in [7, 11) is 2.08. The van der Waals surface area contributed by atoms with Gasteiger partial charge in [-0.1, -0.05) is 12.1 Å². The SMILES string of the molecule is CSc1ccc(C2=C=NCC(OCC3CCCS3)N2C)cc1. The minimum atomic E-state index is 0.0256. The number of ether oxygens (including phenoxy) is 1. The van der Waals surface area contributed by atoms with Crippen molar-refractivity contribution in [1.29, 1.82) is 0 Å². The molecule has 0 aliphatic carbocycles. The zero-order valence-electron chi connectivity index (χ0n) is 13.1. The van der Waals surface area contributed by atoms with Gasteiger partial charge in [0.1, 0.15) is 5.70 Å². The molecule has 2 atom stereocenters. The van der Waals surface area contributed by atoms with Gasteiger partial charge >= 0.3 is 0 Å². The fourth-order valence-electron chi connectivity index (χ4n) is 2.72. The predicted octanol–water partition coefficient (Wildman–Crippen LogP) is 3.60. The van der Waals surface area contributed by atoms with Gasteiger partial charge in [-0.2, -0.15) is 11.8 Å². The lowest BCUT2D eigenvalue weighted by Gasteiger charge is -2.32. The molecule has 1 aromatic carbocycles. The number of nitrogens with zero attached hydrogens (tertiary/aromatic N) is 2. The number of aliphatic imine (C=N–C) groups is 1. The van der Waals surface area contributed by atoms with Crippen LogP contribution in [-0.4, -0.2) is 54.5 Å². The van der Waals surface area contributed by atoms with Crippen LogP contribution in [0.2, 0.25) is 0 Å². The van der Waals surface area contributed by atoms with Crippen molar-refractivity contribution in [3.63, 3.8) is 0 Å². The van der Waals surface area contributed by atoms with Crippen LogP contribution in [0, 0.1) is 0 Å². The quantitative estimate of drug-likeness (QED) is 0.768. The molecule has 1 fully saturated rings. The number of rotatable bonds is 5. The van der Waals surface area contributed by atoms with Crippen LogP contribution in [0.15, 0.2) is 34.2 Å². The third kappa shape index (κ3) is 3.72. The Morgan fingerprint density at radius 2 is 2.23 bits per heavy atom. The average Bonchev–Trinajstić information content (AvgIpc) is 3.07. The summed E-state index contributed by atoms with van der Waals surface area (Å²) < 4.78 is 6.12. The van der Waals surface area contributed by atoms with Gasteiger partial charge in [-0.05, 0) is 37.0 Å². The van der Waals surface area contributed by atoms with Gasteiger partial charge in [0.2, 0.25) is 0 Å². The summed E-state index contributed by atoms with van der Waals surface area (Å²) in [5.41, 5.74) is 2.16. The second-order valence-corrected chi connectivity index (χ2v) is 7.85. The number of likely N-dealkylation sites (N-methyl/N-ethyl adjacent to an activating group) is 1. The first-order valence-corrected chi connectivity index (χ1v) is 9.95. The molecule has 5 heteroatoms. The molecule has 0 N–H and O–H groups in total. The third-order valence-corrected chi connectivity index (χ3v) is 6.19. The maximum atomic E-state index is 6.12. The second-order valence-electron chi connectivity index (χ2n) is 5.56. The predicted molar refractivity (Wildman–Crippen MR) is 96.9 cm³/mol. The van der Waals surface area contributed by atoms with E-state index in [0.29, 0.717) is 11.8 Å². The van der Waals surface area contributed by atoms with Crippen LogP contribution in [0.5, 0.6) is 0 Å². The minimum Gasteiger partial charge on any atom is -0.355 e. The van der Waals surface area contributed by atoms with Gasteiger partial charge in [-0.3, -0.25) is 0 Å². The highest BCUT2D eigenvalue weighted by molar-refractivity contribution is 8.00. The van der Waals surface area contributed by atoms with Crippen molar-refractivity contribution in [2.45, 2.75) is 29.2 Å². The Hall–Kier alpha value is -0.870. The van der Waals surface area contributed by atoms with E-state index in [1.165, 1.54) is 23.5 Å². The molecule has 1 saturated heterocycles. The molecule has 0 saturated carbocycles. The zero-order valence-corrected chi connectivity index (χ0v) is 14.8. The fourth-order valence-corrected chi connectivity index (χ4v) is 4.30. The Morgan fingerprint density at radius 3 is 2.91 bits per heavy atom. The molecule has 22 heavy (non-hydrogen) atoms. The van der Waals surface area contributed by atoms with Crippen LogP contribution >= 0.6 is 23.5 Å². The van der Waals surface area contributed by atoms with E-state index in [1.54, 1.807) is 11.8 Å². The molecule has 0 amide bonds. The molecule has 118 valence electrons. The van der Waals surface area contributed by atoms with E-state index >= 15 is 0 Å². The van der Waals surface area contributed by atoms with Crippen LogP contribution in [-0.2, 0) is 4.74 Å². The maximum absolute atomic E-state index is 6.12. The summed E-state index contributed by atoms with van der Waals surface area (Å²) in [5, 5.41) is 0.660. The summed E-state index contributed by atoms with van der Waals surface area (Å²) in [6, 6.07) is 8.55. The monoisotopic (exact) mass is 334 g/mol. The Labute approximate surface area is 141 Å². The number of benzene rings is 1. The van der Waals surface area contributed by atoms with E-state index in [4.69, 9.17) is 4.74 Å². The van der Waals surface area contributed by atoms with Gasteiger partial charge in [0.15, 0.2) is 6.23 Å². The Morgan fingerprint density at radius 1 is 1.41 bits per heavy atom. The molecule has 1 aromatic rings. The first-order chi connectivity index (χ1) is 10.8. The molecule has 2 aliphatic rings. The van der Waals surface area contributed by atoms with Crippen molar-refractivity contribution in [2.24, 2.45) is 4.99 Å². The van der Waals surface area contributed by atoms with E-state index in [1.807, 2.05) is 11.8 Å².